The second kappa shape index (κ2) is 3.90. The van der Waals surface area contributed by atoms with Crippen molar-refractivity contribution in [1.82, 2.24) is 0 Å². The van der Waals surface area contributed by atoms with Crippen molar-refractivity contribution in [2.24, 2.45) is 5.92 Å². The molecule has 1 aliphatic carbocycles. The first-order valence-electron chi connectivity index (χ1n) is 4.51. The zero-order chi connectivity index (χ0) is 9.14. The number of rotatable bonds is 2. The van der Waals surface area contributed by atoms with Crippen LogP contribution >= 0.6 is 0 Å². The normalized spacial score (nSPS) is 30.3. The molecule has 0 N–H and O–H groups in total. The van der Waals surface area contributed by atoms with Crippen LogP contribution in [0.3, 0.4) is 0 Å². The van der Waals surface area contributed by atoms with Gasteiger partial charge in [-0.1, -0.05) is 18.7 Å². The van der Waals surface area contributed by atoms with Crippen molar-refractivity contribution < 1.29 is 4.74 Å². The molecule has 0 bridgehead atoms. The highest BCUT2D eigenvalue weighted by Gasteiger charge is 2.24. The van der Waals surface area contributed by atoms with Crippen LogP contribution in [0, 0.1) is 5.92 Å². The minimum atomic E-state index is 0.264. The summed E-state index contributed by atoms with van der Waals surface area (Å²) in [5.41, 5.74) is 2.53. The highest BCUT2D eigenvalue weighted by Crippen LogP contribution is 2.32. The van der Waals surface area contributed by atoms with Gasteiger partial charge in [0.25, 0.3) is 0 Å². The zero-order valence-corrected chi connectivity index (χ0v) is 8.10. The lowest BCUT2D eigenvalue weighted by Crippen LogP contribution is -2.24. The van der Waals surface area contributed by atoms with E-state index in [4.69, 9.17) is 4.74 Å². The summed E-state index contributed by atoms with van der Waals surface area (Å²) in [6, 6.07) is 0. The van der Waals surface area contributed by atoms with E-state index in [1.54, 1.807) is 7.11 Å². The van der Waals surface area contributed by atoms with Crippen LogP contribution in [-0.2, 0) is 4.74 Å². The molecule has 2 atom stereocenters. The average molecular weight is 166 g/mol. The Bertz CT molecular complexity index is 193. The summed E-state index contributed by atoms with van der Waals surface area (Å²) in [4.78, 5) is 0. The van der Waals surface area contributed by atoms with Crippen molar-refractivity contribution in [2.45, 2.75) is 32.3 Å². The first-order valence-corrected chi connectivity index (χ1v) is 4.51. The van der Waals surface area contributed by atoms with E-state index < -0.39 is 0 Å². The van der Waals surface area contributed by atoms with Crippen molar-refractivity contribution in [3.63, 3.8) is 0 Å². The number of methoxy groups -OCH3 is 1. The molecule has 0 saturated heterocycles. The molecule has 0 aromatic heterocycles. The number of hydrogen-bond acceptors (Lipinski definition) is 1. The topological polar surface area (TPSA) is 9.23 Å². The molecule has 0 aliphatic heterocycles. The van der Waals surface area contributed by atoms with Crippen molar-refractivity contribution in [1.29, 1.82) is 0 Å². The first kappa shape index (κ1) is 9.53. The molecule has 1 aliphatic rings. The van der Waals surface area contributed by atoms with E-state index in [0.29, 0.717) is 5.92 Å². The lowest BCUT2D eigenvalue weighted by Gasteiger charge is -2.30. The Morgan fingerprint density at radius 1 is 1.58 bits per heavy atom. The summed E-state index contributed by atoms with van der Waals surface area (Å²) in [6.07, 6.45) is 3.63. The van der Waals surface area contributed by atoms with E-state index >= 15 is 0 Å². The van der Waals surface area contributed by atoms with Crippen LogP contribution in [-0.4, -0.2) is 13.2 Å². The summed E-state index contributed by atoms with van der Waals surface area (Å²) < 4.78 is 5.34. The van der Waals surface area contributed by atoms with Gasteiger partial charge in [-0.2, -0.15) is 0 Å². The fourth-order valence-electron chi connectivity index (χ4n) is 1.77. The summed E-state index contributed by atoms with van der Waals surface area (Å²) in [5, 5.41) is 0. The maximum atomic E-state index is 5.34. The standard InChI is InChI=1S/C11H18O/c1-8(2)10-6-5-9(3)11(7-10)12-4/h10-11H,1,3,5-7H2,2,4H3. The first-order chi connectivity index (χ1) is 5.65. The molecule has 0 aromatic carbocycles. The maximum absolute atomic E-state index is 5.34. The third-order valence-corrected chi connectivity index (χ3v) is 2.75. The zero-order valence-electron chi connectivity index (χ0n) is 8.10. The van der Waals surface area contributed by atoms with Gasteiger partial charge in [-0.15, -0.1) is 0 Å². The van der Waals surface area contributed by atoms with E-state index in [9.17, 15) is 0 Å². The van der Waals surface area contributed by atoms with Gasteiger partial charge in [0, 0.05) is 7.11 Å². The van der Waals surface area contributed by atoms with Crippen LogP contribution in [0.15, 0.2) is 24.3 Å². The molecule has 12 heavy (non-hydrogen) atoms. The van der Waals surface area contributed by atoms with E-state index in [0.717, 1.165) is 12.8 Å². The quantitative estimate of drug-likeness (QED) is 0.573. The van der Waals surface area contributed by atoms with Crippen LogP contribution in [0.5, 0.6) is 0 Å². The molecule has 1 saturated carbocycles. The molecule has 68 valence electrons. The van der Waals surface area contributed by atoms with Crippen molar-refractivity contribution >= 4 is 0 Å². The van der Waals surface area contributed by atoms with Crippen molar-refractivity contribution in [3.8, 4) is 0 Å². The molecule has 1 rings (SSSR count). The minimum absolute atomic E-state index is 0.264. The Hall–Kier alpha value is -0.560. The van der Waals surface area contributed by atoms with E-state index in [2.05, 4.69) is 20.1 Å². The van der Waals surface area contributed by atoms with Crippen LogP contribution in [0.4, 0.5) is 0 Å². The Balaban J connectivity index is 2.55. The van der Waals surface area contributed by atoms with Gasteiger partial charge in [0.2, 0.25) is 0 Å². The monoisotopic (exact) mass is 166 g/mol. The van der Waals surface area contributed by atoms with Crippen LogP contribution < -0.4 is 0 Å². The van der Waals surface area contributed by atoms with Gasteiger partial charge in [-0.25, -0.2) is 0 Å². The van der Waals surface area contributed by atoms with Gasteiger partial charge < -0.3 is 4.74 Å². The van der Waals surface area contributed by atoms with Gasteiger partial charge in [-0.05, 0) is 37.7 Å². The van der Waals surface area contributed by atoms with Gasteiger partial charge in [-0.3, -0.25) is 0 Å². The number of ether oxygens (including phenoxy) is 1. The molecular formula is C11H18O. The fourth-order valence-corrected chi connectivity index (χ4v) is 1.77. The molecule has 0 spiro atoms. The van der Waals surface area contributed by atoms with E-state index in [1.807, 2.05) is 0 Å². The molecule has 0 aromatic rings. The van der Waals surface area contributed by atoms with Crippen LogP contribution in [0.25, 0.3) is 0 Å². The third kappa shape index (κ3) is 1.98. The average Bonchev–Trinajstić information content (AvgIpc) is 2.05. The van der Waals surface area contributed by atoms with Gasteiger partial charge in [0.1, 0.15) is 0 Å². The predicted molar refractivity (Wildman–Crippen MR) is 52.1 cm³/mol. The van der Waals surface area contributed by atoms with Gasteiger partial charge in [0.15, 0.2) is 0 Å². The molecular weight excluding hydrogens is 148 g/mol. The SMILES string of the molecule is C=C(C)C1CCC(=C)C(OC)C1. The second-order valence-electron chi connectivity index (χ2n) is 3.70. The molecule has 2 unspecified atom stereocenters. The van der Waals surface area contributed by atoms with Gasteiger partial charge in [0.05, 0.1) is 6.10 Å². The Labute approximate surface area is 75.1 Å². The van der Waals surface area contributed by atoms with Gasteiger partial charge >= 0.3 is 0 Å². The Morgan fingerprint density at radius 2 is 2.25 bits per heavy atom. The van der Waals surface area contributed by atoms with E-state index in [-0.39, 0.29) is 6.10 Å². The predicted octanol–water partition coefficient (Wildman–Crippen LogP) is 2.93. The summed E-state index contributed by atoms with van der Waals surface area (Å²) >= 11 is 0. The third-order valence-electron chi connectivity index (χ3n) is 2.75. The smallest absolute Gasteiger partial charge is 0.0784 e. The summed E-state index contributed by atoms with van der Waals surface area (Å²) in [7, 11) is 1.76. The Kier molecular flexibility index (Phi) is 3.10. The molecule has 1 fully saturated rings. The van der Waals surface area contributed by atoms with Crippen LogP contribution in [0.2, 0.25) is 0 Å². The molecule has 1 heteroatoms. The highest BCUT2D eigenvalue weighted by atomic mass is 16.5. The number of allylic oxidation sites excluding steroid dienone is 1. The maximum Gasteiger partial charge on any atom is 0.0784 e. The highest BCUT2D eigenvalue weighted by molar-refractivity contribution is 5.11. The van der Waals surface area contributed by atoms with Crippen molar-refractivity contribution in [2.75, 3.05) is 7.11 Å². The van der Waals surface area contributed by atoms with Crippen molar-refractivity contribution in [3.05, 3.63) is 24.3 Å². The lowest BCUT2D eigenvalue weighted by atomic mass is 9.81. The summed E-state index contributed by atoms with van der Waals surface area (Å²) in [6.45, 7) is 10.1. The second-order valence-corrected chi connectivity index (χ2v) is 3.70. The minimum Gasteiger partial charge on any atom is -0.377 e. The van der Waals surface area contributed by atoms with E-state index in [1.165, 1.54) is 17.6 Å². The largest absolute Gasteiger partial charge is 0.377 e. The molecule has 0 radical (unpaired) electrons. The molecule has 1 nitrogen and oxygen atoms in total. The van der Waals surface area contributed by atoms with Crippen LogP contribution in [0.1, 0.15) is 26.2 Å². The summed E-state index contributed by atoms with van der Waals surface area (Å²) in [5.74, 6) is 0.639. The Morgan fingerprint density at radius 3 is 2.75 bits per heavy atom. The molecule has 0 heterocycles. The molecule has 0 amide bonds. The fraction of sp³-hybridized carbons (Fsp3) is 0.636. The number of hydrogen-bond donors (Lipinski definition) is 0. The lowest BCUT2D eigenvalue weighted by molar-refractivity contribution is 0.0963.